The maximum Gasteiger partial charge on any atom is 0.387 e. The minimum Gasteiger partial charge on any atom is -0.435 e. The van der Waals surface area contributed by atoms with Crippen LogP contribution in [0.4, 0.5) is 8.78 Å². The number of amides is 1. The first-order chi connectivity index (χ1) is 9.92. The molecule has 1 amide bonds. The average molecular weight is 300 g/mol. The van der Waals surface area contributed by atoms with Crippen molar-refractivity contribution in [1.82, 2.24) is 5.32 Å². The van der Waals surface area contributed by atoms with Crippen LogP contribution in [-0.4, -0.2) is 18.6 Å². The molecular formula is C15H22F2N2O2. The van der Waals surface area contributed by atoms with E-state index >= 15 is 0 Å². The van der Waals surface area contributed by atoms with Gasteiger partial charge in [0.25, 0.3) is 0 Å². The third-order valence-corrected chi connectivity index (χ3v) is 3.07. The molecule has 0 heterocycles. The lowest BCUT2D eigenvalue weighted by Crippen LogP contribution is -2.33. The lowest BCUT2D eigenvalue weighted by molar-refractivity contribution is -0.122. The fourth-order valence-corrected chi connectivity index (χ4v) is 2.05. The summed E-state index contributed by atoms with van der Waals surface area (Å²) in [7, 11) is 0. The first kappa shape index (κ1) is 17.4. The molecule has 6 heteroatoms. The van der Waals surface area contributed by atoms with Crippen molar-refractivity contribution in [3.05, 3.63) is 29.8 Å². The van der Waals surface area contributed by atoms with E-state index in [1.54, 1.807) is 19.1 Å². The summed E-state index contributed by atoms with van der Waals surface area (Å²) in [5.74, 6) is -0.0742. The van der Waals surface area contributed by atoms with Crippen LogP contribution in [0.15, 0.2) is 24.3 Å². The smallest absolute Gasteiger partial charge is 0.387 e. The van der Waals surface area contributed by atoms with Crippen molar-refractivity contribution < 1.29 is 18.3 Å². The van der Waals surface area contributed by atoms with E-state index in [2.05, 4.69) is 10.1 Å². The largest absolute Gasteiger partial charge is 0.435 e. The van der Waals surface area contributed by atoms with Crippen molar-refractivity contribution >= 4 is 5.91 Å². The number of rotatable bonds is 8. The van der Waals surface area contributed by atoms with Crippen LogP contribution < -0.4 is 15.8 Å². The quantitative estimate of drug-likeness (QED) is 0.775. The van der Waals surface area contributed by atoms with Gasteiger partial charge in [-0.3, -0.25) is 4.79 Å². The fourth-order valence-electron chi connectivity index (χ4n) is 2.05. The Morgan fingerprint density at radius 2 is 2.14 bits per heavy atom. The molecule has 4 nitrogen and oxygen atoms in total. The molecule has 0 aromatic heterocycles. The molecule has 3 N–H and O–H groups in total. The highest BCUT2D eigenvalue weighted by atomic mass is 19.3. The molecule has 0 radical (unpaired) electrons. The van der Waals surface area contributed by atoms with Crippen LogP contribution in [0, 0.1) is 0 Å². The molecule has 1 rings (SSSR count). The number of benzene rings is 1. The number of nitrogens with one attached hydrogen (secondary N) is 1. The standard InChI is InChI=1S/C15H22F2N2O2/c1-3-5-12(18)9-14(20)19-10(2)11-6-4-7-13(8-11)21-15(16)17/h4,6-8,10,12,15H,3,5,9,18H2,1-2H3,(H,19,20). The summed E-state index contributed by atoms with van der Waals surface area (Å²) in [6, 6.07) is 5.83. The van der Waals surface area contributed by atoms with Gasteiger partial charge in [0.05, 0.1) is 6.04 Å². The summed E-state index contributed by atoms with van der Waals surface area (Å²) < 4.78 is 28.7. The van der Waals surface area contributed by atoms with Gasteiger partial charge in [-0.15, -0.1) is 0 Å². The first-order valence-corrected chi connectivity index (χ1v) is 7.02. The molecule has 2 unspecified atom stereocenters. The molecule has 1 aromatic rings. The summed E-state index contributed by atoms with van der Waals surface area (Å²) in [6.45, 7) is 0.928. The van der Waals surface area contributed by atoms with E-state index in [0.29, 0.717) is 5.56 Å². The summed E-state index contributed by atoms with van der Waals surface area (Å²) in [6.07, 6.45) is 1.97. The monoisotopic (exact) mass is 300 g/mol. The van der Waals surface area contributed by atoms with Crippen LogP contribution in [0.1, 0.15) is 44.7 Å². The van der Waals surface area contributed by atoms with Crippen molar-refractivity contribution in [2.24, 2.45) is 5.73 Å². The zero-order valence-electron chi connectivity index (χ0n) is 12.3. The highest BCUT2D eigenvalue weighted by molar-refractivity contribution is 5.77. The molecule has 0 saturated heterocycles. The molecule has 0 aliphatic rings. The normalized spacial score (nSPS) is 13.8. The van der Waals surface area contributed by atoms with Gasteiger partial charge in [0.15, 0.2) is 0 Å². The zero-order valence-corrected chi connectivity index (χ0v) is 12.3. The van der Waals surface area contributed by atoms with Gasteiger partial charge in [0.1, 0.15) is 5.75 Å². The molecule has 0 fully saturated rings. The first-order valence-electron chi connectivity index (χ1n) is 7.02. The van der Waals surface area contributed by atoms with E-state index in [0.717, 1.165) is 12.8 Å². The van der Waals surface area contributed by atoms with E-state index < -0.39 is 6.61 Å². The fraction of sp³-hybridized carbons (Fsp3) is 0.533. The highest BCUT2D eigenvalue weighted by Gasteiger charge is 2.14. The Balaban J connectivity index is 2.58. The van der Waals surface area contributed by atoms with Crippen LogP contribution in [0.3, 0.4) is 0 Å². The van der Waals surface area contributed by atoms with Crippen LogP contribution in [0.2, 0.25) is 0 Å². The van der Waals surface area contributed by atoms with Gasteiger partial charge in [0, 0.05) is 12.5 Å². The van der Waals surface area contributed by atoms with E-state index in [4.69, 9.17) is 5.73 Å². The zero-order chi connectivity index (χ0) is 15.8. The number of hydrogen-bond acceptors (Lipinski definition) is 3. The molecule has 0 aliphatic carbocycles. The van der Waals surface area contributed by atoms with Crippen molar-refractivity contribution in [3.63, 3.8) is 0 Å². The van der Waals surface area contributed by atoms with Crippen molar-refractivity contribution in [3.8, 4) is 5.75 Å². The predicted octanol–water partition coefficient (Wildman–Crippen LogP) is 2.98. The van der Waals surface area contributed by atoms with Gasteiger partial charge in [-0.2, -0.15) is 8.78 Å². The van der Waals surface area contributed by atoms with Crippen LogP contribution in [-0.2, 0) is 4.79 Å². The van der Waals surface area contributed by atoms with Crippen molar-refractivity contribution in [2.45, 2.75) is 51.8 Å². The summed E-state index contributed by atoms with van der Waals surface area (Å²) in [5.41, 5.74) is 6.51. The molecule has 2 atom stereocenters. The maximum absolute atomic E-state index is 12.2. The van der Waals surface area contributed by atoms with Gasteiger partial charge in [0.2, 0.25) is 5.91 Å². The second kappa shape index (κ2) is 8.56. The van der Waals surface area contributed by atoms with Gasteiger partial charge in [-0.1, -0.05) is 25.5 Å². The van der Waals surface area contributed by atoms with Gasteiger partial charge >= 0.3 is 6.61 Å². The molecule has 1 aromatic carbocycles. The Morgan fingerprint density at radius 1 is 1.43 bits per heavy atom. The minimum absolute atomic E-state index is 0.0753. The predicted molar refractivity (Wildman–Crippen MR) is 77.1 cm³/mol. The number of carbonyl (C=O) groups is 1. The Hall–Kier alpha value is -1.69. The Labute approximate surface area is 123 Å². The molecular weight excluding hydrogens is 278 g/mol. The van der Waals surface area contributed by atoms with E-state index in [1.807, 2.05) is 6.92 Å². The lowest BCUT2D eigenvalue weighted by Gasteiger charge is -2.17. The molecule has 21 heavy (non-hydrogen) atoms. The second-order valence-electron chi connectivity index (χ2n) is 4.99. The summed E-state index contributed by atoms with van der Waals surface area (Å²) >= 11 is 0. The molecule has 0 spiro atoms. The molecule has 0 saturated carbocycles. The molecule has 118 valence electrons. The average Bonchev–Trinajstić information content (AvgIpc) is 2.38. The third kappa shape index (κ3) is 6.53. The molecule has 0 aliphatic heterocycles. The van der Waals surface area contributed by atoms with E-state index in [1.165, 1.54) is 12.1 Å². The third-order valence-electron chi connectivity index (χ3n) is 3.07. The minimum atomic E-state index is -2.86. The SMILES string of the molecule is CCCC(N)CC(=O)NC(C)c1cccc(OC(F)F)c1. The topological polar surface area (TPSA) is 64.4 Å². The van der Waals surface area contributed by atoms with Gasteiger partial charge < -0.3 is 15.8 Å². The Morgan fingerprint density at radius 3 is 2.76 bits per heavy atom. The van der Waals surface area contributed by atoms with Crippen molar-refractivity contribution in [1.29, 1.82) is 0 Å². The highest BCUT2D eigenvalue weighted by Crippen LogP contribution is 2.20. The number of hydrogen-bond donors (Lipinski definition) is 2. The van der Waals surface area contributed by atoms with Gasteiger partial charge in [-0.25, -0.2) is 0 Å². The lowest BCUT2D eigenvalue weighted by atomic mass is 10.1. The van der Waals surface area contributed by atoms with E-state index in [9.17, 15) is 13.6 Å². The molecule has 0 bridgehead atoms. The van der Waals surface area contributed by atoms with Crippen LogP contribution in [0.25, 0.3) is 0 Å². The number of alkyl halides is 2. The Kier molecular flexibility index (Phi) is 7.08. The summed E-state index contributed by atoms with van der Waals surface area (Å²) in [5, 5.41) is 2.80. The van der Waals surface area contributed by atoms with E-state index in [-0.39, 0.29) is 30.2 Å². The Bertz CT molecular complexity index is 455. The van der Waals surface area contributed by atoms with Crippen molar-refractivity contribution in [2.75, 3.05) is 0 Å². The number of halogens is 2. The number of ether oxygens (including phenoxy) is 1. The van der Waals surface area contributed by atoms with Gasteiger partial charge in [-0.05, 0) is 31.0 Å². The summed E-state index contributed by atoms with van der Waals surface area (Å²) in [4.78, 5) is 11.8. The van der Waals surface area contributed by atoms with Crippen LogP contribution >= 0.6 is 0 Å². The number of carbonyl (C=O) groups excluding carboxylic acids is 1. The second-order valence-corrected chi connectivity index (χ2v) is 4.99. The van der Waals surface area contributed by atoms with Crippen LogP contribution in [0.5, 0.6) is 5.75 Å². The maximum atomic E-state index is 12.2. The number of nitrogens with two attached hydrogens (primary N) is 1.